The molecule has 4 nitrogen and oxygen atoms in total. The lowest BCUT2D eigenvalue weighted by Crippen LogP contribution is -2.26. The predicted octanol–water partition coefficient (Wildman–Crippen LogP) is 1.42. The van der Waals surface area contributed by atoms with E-state index in [0.717, 1.165) is 32.1 Å². The molecule has 2 unspecified atom stereocenters. The fourth-order valence-corrected chi connectivity index (χ4v) is 2.55. The zero-order chi connectivity index (χ0) is 13.8. The van der Waals surface area contributed by atoms with Crippen LogP contribution in [0.25, 0.3) is 0 Å². The Balaban J connectivity index is 3.63. The third-order valence-electron chi connectivity index (χ3n) is 2.98. The van der Waals surface area contributed by atoms with E-state index < -0.39 is 10.8 Å². The molecule has 3 N–H and O–H groups in total. The van der Waals surface area contributed by atoms with E-state index in [-0.39, 0.29) is 5.91 Å². The van der Waals surface area contributed by atoms with E-state index in [0.29, 0.717) is 31.2 Å². The van der Waals surface area contributed by atoms with E-state index in [9.17, 15) is 9.00 Å². The van der Waals surface area contributed by atoms with Crippen LogP contribution in [0.1, 0.15) is 45.4 Å². The fraction of sp³-hybridized carbons (Fsp3) is 0.923. The molecule has 0 aliphatic heterocycles. The molecular weight excluding hydrogens is 248 g/mol. The summed E-state index contributed by atoms with van der Waals surface area (Å²) >= 11 is 0. The number of carbonyl (C=O) groups excluding carboxylic acids is 1. The molecule has 0 spiro atoms. The van der Waals surface area contributed by atoms with Crippen LogP contribution >= 0.6 is 0 Å². The predicted molar refractivity (Wildman–Crippen MR) is 77.9 cm³/mol. The number of amides is 1. The molecule has 0 heterocycles. The molecular formula is C13H28N2O2S. The van der Waals surface area contributed by atoms with Gasteiger partial charge in [0, 0.05) is 35.8 Å². The molecule has 1 amide bonds. The maximum Gasteiger partial charge on any atom is 0.220 e. The third-order valence-corrected chi connectivity index (χ3v) is 3.85. The van der Waals surface area contributed by atoms with Crippen LogP contribution in [0.2, 0.25) is 0 Å². The quantitative estimate of drug-likeness (QED) is 0.561. The average Bonchev–Trinajstić information content (AvgIpc) is 2.32. The Kier molecular flexibility index (Phi) is 11.4. The normalized spacial score (nSPS) is 14.2. The van der Waals surface area contributed by atoms with Gasteiger partial charge in [0.25, 0.3) is 0 Å². The Morgan fingerprint density at radius 2 is 2.06 bits per heavy atom. The van der Waals surface area contributed by atoms with Gasteiger partial charge in [-0.2, -0.15) is 0 Å². The molecule has 18 heavy (non-hydrogen) atoms. The van der Waals surface area contributed by atoms with Crippen LogP contribution in [0.5, 0.6) is 0 Å². The number of carbonyl (C=O) groups is 1. The third kappa shape index (κ3) is 10.7. The van der Waals surface area contributed by atoms with E-state index in [1.54, 1.807) is 6.26 Å². The van der Waals surface area contributed by atoms with Crippen molar-refractivity contribution in [3.8, 4) is 0 Å². The summed E-state index contributed by atoms with van der Waals surface area (Å²) in [5.74, 6) is 1.34. The summed E-state index contributed by atoms with van der Waals surface area (Å²) in [6, 6.07) is 0. The van der Waals surface area contributed by atoms with Crippen molar-refractivity contribution in [2.24, 2.45) is 11.7 Å². The first kappa shape index (κ1) is 17.6. The Morgan fingerprint density at radius 3 is 2.61 bits per heavy atom. The Labute approximate surface area is 114 Å². The van der Waals surface area contributed by atoms with Gasteiger partial charge in [0.05, 0.1) is 0 Å². The first-order valence-corrected chi connectivity index (χ1v) is 8.59. The van der Waals surface area contributed by atoms with Crippen molar-refractivity contribution in [3.63, 3.8) is 0 Å². The molecule has 0 aliphatic carbocycles. The monoisotopic (exact) mass is 276 g/mol. The minimum absolute atomic E-state index is 0.106. The van der Waals surface area contributed by atoms with Gasteiger partial charge in [0.15, 0.2) is 0 Å². The van der Waals surface area contributed by atoms with Gasteiger partial charge >= 0.3 is 0 Å². The molecule has 0 saturated carbocycles. The average molecular weight is 276 g/mol. The minimum atomic E-state index is -0.762. The largest absolute Gasteiger partial charge is 0.356 e. The lowest BCUT2D eigenvalue weighted by molar-refractivity contribution is -0.121. The molecule has 0 saturated heterocycles. The van der Waals surface area contributed by atoms with Crippen LogP contribution in [0.3, 0.4) is 0 Å². The van der Waals surface area contributed by atoms with Crippen LogP contribution in [0, 0.1) is 5.92 Å². The maximum atomic E-state index is 11.6. The summed E-state index contributed by atoms with van der Waals surface area (Å²) < 4.78 is 10.8. The lowest BCUT2D eigenvalue weighted by Gasteiger charge is -2.14. The molecule has 0 aliphatic rings. The first-order chi connectivity index (χ1) is 8.60. The zero-order valence-corrected chi connectivity index (χ0v) is 12.6. The fourth-order valence-electron chi connectivity index (χ4n) is 2.00. The van der Waals surface area contributed by atoms with Crippen LogP contribution in [0.4, 0.5) is 0 Å². The van der Waals surface area contributed by atoms with E-state index in [1.807, 2.05) is 0 Å². The highest BCUT2D eigenvalue weighted by molar-refractivity contribution is 7.84. The summed E-state index contributed by atoms with van der Waals surface area (Å²) in [6.07, 6.45) is 7.29. The van der Waals surface area contributed by atoms with Crippen LogP contribution in [-0.2, 0) is 15.6 Å². The molecule has 0 radical (unpaired) electrons. The minimum Gasteiger partial charge on any atom is -0.356 e. The summed E-state index contributed by atoms with van der Waals surface area (Å²) in [6.45, 7) is 3.50. The Morgan fingerprint density at radius 1 is 1.33 bits per heavy atom. The van der Waals surface area contributed by atoms with Gasteiger partial charge in [-0.05, 0) is 31.7 Å². The summed E-state index contributed by atoms with van der Waals surface area (Å²) in [4.78, 5) is 11.6. The van der Waals surface area contributed by atoms with Crippen molar-refractivity contribution < 1.29 is 9.00 Å². The standard InChI is InChI=1S/C13H28N2O2S/c1-3-5-12(8-9-14)6-7-13(16)15-10-4-11-18(2)17/h12H,3-11,14H2,1-2H3,(H,15,16). The van der Waals surface area contributed by atoms with Gasteiger partial charge in [-0.3, -0.25) is 9.00 Å². The summed E-state index contributed by atoms with van der Waals surface area (Å²) in [5, 5.41) is 2.87. The van der Waals surface area contributed by atoms with Crippen molar-refractivity contribution in [1.29, 1.82) is 0 Å². The second-order valence-electron chi connectivity index (χ2n) is 4.75. The van der Waals surface area contributed by atoms with Gasteiger partial charge in [0.1, 0.15) is 0 Å². The van der Waals surface area contributed by atoms with Crippen molar-refractivity contribution in [3.05, 3.63) is 0 Å². The number of nitrogens with one attached hydrogen (secondary N) is 1. The molecule has 5 heteroatoms. The van der Waals surface area contributed by atoms with E-state index in [4.69, 9.17) is 5.73 Å². The van der Waals surface area contributed by atoms with Crippen molar-refractivity contribution in [2.75, 3.05) is 25.1 Å². The Bertz CT molecular complexity index is 241. The van der Waals surface area contributed by atoms with Gasteiger partial charge in [-0.25, -0.2) is 0 Å². The molecule has 0 aromatic rings. The number of hydrogen-bond donors (Lipinski definition) is 2. The van der Waals surface area contributed by atoms with Gasteiger partial charge < -0.3 is 11.1 Å². The summed E-state index contributed by atoms with van der Waals surface area (Å²) in [7, 11) is -0.762. The summed E-state index contributed by atoms with van der Waals surface area (Å²) in [5.41, 5.74) is 5.56. The Hall–Kier alpha value is -0.420. The molecule has 2 atom stereocenters. The zero-order valence-electron chi connectivity index (χ0n) is 11.7. The first-order valence-electron chi connectivity index (χ1n) is 6.86. The van der Waals surface area contributed by atoms with Gasteiger partial charge in [-0.1, -0.05) is 19.8 Å². The number of hydrogen-bond acceptors (Lipinski definition) is 3. The van der Waals surface area contributed by atoms with E-state index in [1.165, 1.54) is 0 Å². The van der Waals surface area contributed by atoms with Gasteiger partial charge in [-0.15, -0.1) is 0 Å². The highest BCUT2D eigenvalue weighted by atomic mass is 32.2. The highest BCUT2D eigenvalue weighted by Gasteiger charge is 2.09. The lowest BCUT2D eigenvalue weighted by atomic mass is 9.94. The van der Waals surface area contributed by atoms with Crippen LogP contribution < -0.4 is 11.1 Å². The number of nitrogens with two attached hydrogens (primary N) is 1. The number of rotatable bonds is 11. The highest BCUT2D eigenvalue weighted by Crippen LogP contribution is 2.16. The molecule has 108 valence electrons. The van der Waals surface area contributed by atoms with Crippen molar-refractivity contribution in [2.45, 2.75) is 45.4 Å². The van der Waals surface area contributed by atoms with Gasteiger partial charge in [0.2, 0.25) is 5.91 Å². The smallest absolute Gasteiger partial charge is 0.220 e. The van der Waals surface area contributed by atoms with Crippen molar-refractivity contribution >= 4 is 16.7 Å². The molecule has 0 aromatic carbocycles. The maximum absolute atomic E-state index is 11.6. The van der Waals surface area contributed by atoms with E-state index >= 15 is 0 Å². The van der Waals surface area contributed by atoms with E-state index in [2.05, 4.69) is 12.2 Å². The molecule has 0 aromatic heterocycles. The van der Waals surface area contributed by atoms with Crippen molar-refractivity contribution in [1.82, 2.24) is 5.32 Å². The second-order valence-corrected chi connectivity index (χ2v) is 6.31. The molecule has 0 bridgehead atoms. The second kappa shape index (κ2) is 11.7. The van der Waals surface area contributed by atoms with Crippen LogP contribution in [-0.4, -0.2) is 35.2 Å². The topological polar surface area (TPSA) is 72.2 Å². The van der Waals surface area contributed by atoms with Crippen LogP contribution in [0.15, 0.2) is 0 Å². The molecule has 0 rings (SSSR count). The SMILES string of the molecule is CCCC(CCN)CCC(=O)NCCCS(C)=O. The molecule has 0 fully saturated rings.